The Hall–Kier alpha value is -2.62. The molecule has 2 aromatic heterocycles. The molecule has 0 unspecified atom stereocenters. The molecule has 3 aromatic rings. The monoisotopic (exact) mass is 281 g/mol. The summed E-state index contributed by atoms with van der Waals surface area (Å²) in [7, 11) is 0. The normalized spacial score (nSPS) is 10.9. The van der Waals surface area contributed by atoms with Crippen LogP contribution in [0.25, 0.3) is 22.4 Å². The van der Waals surface area contributed by atoms with Crippen LogP contribution in [0.3, 0.4) is 0 Å². The van der Waals surface area contributed by atoms with Gasteiger partial charge in [-0.15, -0.1) is 0 Å². The Balaban J connectivity index is 2.31. The quantitative estimate of drug-likeness (QED) is 0.798. The van der Waals surface area contributed by atoms with Crippen LogP contribution in [0.15, 0.2) is 51.8 Å². The highest BCUT2D eigenvalue weighted by atomic mass is 16.3. The van der Waals surface area contributed by atoms with Gasteiger partial charge in [-0.05, 0) is 30.7 Å². The molecule has 3 rings (SSSR count). The van der Waals surface area contributed by atoms with Crippen molar-refractivity contribution in [2.75, 3.05) is 0 Å². The fourth-order valence-corrected chi connectivity index (χ4v) is 2.39. The zero-order valence-electron chi connectivity index (χ0n) is 11.7. The predicted octanol–water partition coefficient (Wildman–Crippen LogP) is 3.51. The van der Waals surface area contributed by atoms with Crippen molar-refractivity contribution in [1.82, 2.24) is 4.98 Å². The number of hydrogen-bond acceptors (Lipinski definition) is 4. The minimum absolute atomic E-state index is 0.130. The predicted molar refractivity (Wildman–Crippen MR) is 81.4 cm³/mol. The maximum atomic E-state index is 12.3. The summed E-state index contributed by atoms with van der Waals surface area (Å²) < 4.78 is 5.87. The van der Waals surface area contributed by atoms with E-state index in [1.54, 1.807) is 30.5 Å². The van der Waals surface area contributed by atoms with E-state index in [4.69, 9.17) is 4.42 Å². The van der Waals surface area contributed by atoms with Gasteiger partial charge < -0.3 is 9.52 Å². The van der Waals surface area contributed by atoms with Crippen LogP contribution in [-0.2, 0) is 6.42 Å². The Morgan fingerprint density at radius 1 is 1.24 bits per heavy atom. The van der Waals surface area contributed by atoms with E-state index in [0.29, 0.717) is 34.4 Å². The highest BCUT2D eigenvalue weighted by Crippen LogP contribution is 2.29. The van der Waals surface area contributed by atoms with Gasteiger partial charge in [-0.2, -0.15) is 0 Å². The number of rotatable bonds is 3. The van der Waals surface area contributed by atoms with E-state index in [2.05, 4.69) is 4.98 Å². The molecule has 0 aliphatic carbocycles. The van der Waals surface area contributed by atoms with Crippen LogP contribution < -0.4 is 5.43 Å². The summed E-state index contributed by atoms with van der Waals surface area (Å²) in [5.74, 6) is 0.571. The van der Waals surface area contributed by atoms with Crippen LogP contribution in [0.2, 0.25) is 0 Å². The molecule has 0 bridgehead atoms. The number of aromatic nitrogens is 1. The van der Waals surface area contributed by atoms with Gasteiger partial charge in [0.1, 0.15) is 17.0 Å². The van der Waals surface area contributed by atoms with E-state index in [-0.39, 0.29) is 11.2 Å². The highest BCUT2D eigenvalue weighted by Gasteiger charge is 2.13. The Labute approximate surface area is 121 Å². The summed E-state index contributed by atoms with van der Waals surface area (Å²) in [6.45, 7) is 2.01. The van der Waals surface area contributed by atoms with Crippen molar-refractivity contribution in [3.05, 3.63) is 58.4 Å². The summed E-state index contributed by atoms with van der Waals surface area (Å²) >= 11 is 0. The first-order valence-electron chi connectivity index (χ1n) is 6.91. The number of benzene rings is 1. The molecule has 4 heteroatoms. The standard InChI is InChI=1S/C17H15NO3/c1-2-5-11-14(19)8-7-12-15(20)10-16(21-17(11)12)13-6-3-4-9-18-13/h3-4,6-10,19H,2,5H2,1H3. The van der Waals surface area contributed by atoms with Gasteiger partial charge in [-0.25, -0.2) is 0 Å². The third-order valence-electron chi connectivity index (χ3n) is 3.39. The number of phenolic OH excluding ortho intramolecular Hbond substituents is 1. The Morgan fingerprint density at radius 2 is 2.10 bits per heavy atom. The van der Waals surface area contributed by atoms with Crippen LogP contribution in [0.4, 0.5) is 0 Å². The van der Waals surface area contributed by atoms with Crippen molar-refractivity contribution in [3.63, 3.8) is 0 Å². The molecule has 1 aromatic carbocycles. The molecule has 0 atom stereocenters. The third-order valence-corrected chi connectivity index (χ3v) is 3.39. The van der Waals surface area contributed by atoms with Crippen LogP contribution >= 0.6 is 0 Å². The van der Waals surface area contributed by atoms with Crippen LogP contribution in [0.1, 0.15) is 18.9 Å². The fourth-order valence-electron chi connectivity index (χ4n) is 2.39. The summed E-state index contributed by atoms with van der Waals surface area (Å²) in [5.41, 5.74) is 1.59. The molecule has 0 fully saturated rings. The van der Waals surface area contributed by atoms with E-state index in [1.165, 1.54) is 6.07 Å². The zero-order valence-corrected chi connectivity index (χ0v) is 11.7. The second kappa shape index (κ2) is 5.40. The fraction of sp³-hybridized carbons (Fsp3) is 0.176. The summed E-state index contributed by atoms with van der Waals surface area (Å²) in [4.78, 5) is 16.5. The van der Waals surface area contributed by atoms with Crippen molar-refractivity contribution in [2.24, 2.45) is 0 Å². The summed E-state index contributed by atoms with van der Waals surface area (Å²) in [5, 5.41) is 10.5. The van der Waals surface area contributed by atoms with Gasteiger partial charge in [0.25, 0.3) is 0 Å². The highest BCUT2D eigenvalue weighted by molar-refractivity contribution is 5.83. The molecule has 0 aliphatic heterocycles. The lowest BCUT2D eigenvalue weighted by Crippen LogP contribution is -2.02. The molecule has 4 nitrogen and oxygen atoms in total. The molecule has 0 saturated carbocycles. The van der Waals surface area contributed by atoms with Crippen molar-refractivity contribution in [3.8, 4) is 17.2 Å². The zero-order chi connectivity index (χ0) is 14.8. The van der Waals surface area contributed by atoms with Gasteiger partial charge in [-0.3, -0.25) is 9.78 Å². The van der Waals surface area contributed by atoms with E-state index < -0.39 is 0 Å². The minimum atomic E-state index is -0.130. The summed E-state index contributed by atoms with van der Waals surface area (Å²) in [6.07, 6.45) is 3.15. The van der Waals surface area contributed by atoms with Crippen LogP contribution in [0, 0.1) is 0 Å². The number of phenols is 1. The Bertz CT molecular complexity index is 838. The second-order valence-electron chi connectivity index (χ2n) is 4.88. The first-order chi connectivity index (χ1) is 10.2. The molecule has 0 spiro atoms. The van der Waals surface area contributed by atoms with Crippen molar-refractivity contribution < 1.29 is 9.52 Å². The van der Waals surface area contributed by atoms with Crippen molar-refractivity contribution in [1.29, 1.82) is 0 Å². The Kier molecular flexibility index (Phi) is 3.44. The van der Waals surface area contributed by atoms with E-state index >= 15 is 0 Å². The lowest BCUT2D eigenvalue weighted by Gasteiger charge is -2.08. The maximum Gasteiger partial charge on any atom is 0.193 e. The average molecular weight is 281 g/mol. The molecule has 21 heavy (non-hydrogen) atoms. The molecule has 2 heterocycles. The molecule has 0 saturated heterocycles. The third kappa shape index (κ3) is 2.40. The van der Waals surface area contributed by atoms with Crippen LogP contribution in [-0.4, -0.2) is 10.1 Å². The van der Waals surface area contributed by atoms with Crippen LogP contribution in [0.5, 0.6) is 5.75 Å². The number of aryl methyl sites for hydroxylation is 1. The Morgan fingerprint density at radius 3 is 2.81 bits per heavy atom. The number of hydrogen-bond donors (Lipinski definition) is 1. The maximum absolute atomic E-state index is 12.3. The molecule has 1 N–H and O–H groups in total. The number of pyridine rings is 1. The first kappa shape index (κ1) is 13.4. The number of fused-ring (bicyclic) bond motifs is 1. The lowest BCUT2D eigenvalue weighted by molar-refractivity contribution is 0.466. The summed E-state index contributed by atoms with van der Waals surface area (Å²) in [6, 6.07) is 10.0. The van der Waals surface area contributed by atoms with Gasteiger partial charge in [0, 0.05) is 17.8 Å². The SMILES string of the molecule is CCCc1c(O)ccc2c(=O)cc(-c3ccccn3)oc12. The van der Waals surface area contributed by atoms with E-state index in [9.17, 15) is 9.90 Å². The number of aromatic hydroxyl groups is 1. The van der Waals surface area contributed by atoms with Gasteiger partial charge in [0.05, 0.1) is 5.39 Å². The van der Waals surface area contributed by atoms with Gasteiger partial charge in [-0.1, -0.05) is 19.4 Å². The van der Waals surface area contributed by atoms with Gasteiger partial charge in [0.2, 0.25) is 0 Å². The molecular formula is C17H15NO3. The largest absolute Gasteiger partial charge is 0.508 e. The minimum Gasteiger partial charge on any atom is -0.508 e. The average Bonchev–Trinajstić information content (AvgIpc) is 2.51. The molecule has 0 radical (unpaired) electrons. The molecular weight excluding hydrogens is 266 g/mol. The molecule has 0 aliphatic rings. The van der Waals surface area contributed by atoms with Gasteiger partial charge in [0.15, 0.2) is 11.2 Å². The smallest absolute Gasteiger partial charge is 0.193 e. The topological polar surface area (TPSA) is 63.3 Å². The van der Waals surface area contributed by atoms with Gasteiger partial charge >= 0.3 is 0 Å². The lowest BCUT2D eigenvalue weighted by atomic mass is 10.0. The van der Waals surface area contributed by atoms with E-state index in [1.807, 2.05) is 13.0 Å². The molecule has 0 amide bonds. The second-order valence-corrected chi connectivity index (χ2v) is 4.88. The van der Waals surface area contributed by atoms with Crippen molar-refractivity contribution in [2.45, 2.75) is 19.8 Å². The molecule has 106 valence electrons. The first-order valence-corrected chi connectivity index (χ1v) is 6.91. The van der Waals surface area contributed by atoms with Crippen molar-refractivity contribution >= 4 is 11.0 Å². The van der Waals surface area contributed by atoms with E-state index in [0.717, 1.165) is 6.42 Å². The number of nitrogens with zero attached hydrogens (tertiary/aromatic N) is 1.